The number of hydrogen-bond acceptors (Lipinski definition) is 4. The number of rotatable bonds is 11. The van der Waals surface area contributed by atoms with Gasteiger partial charge in [-0.05, 0) is 72.4 Å². The molecule has 0 radical (unpaired) electrons. The van der Waals surface area contributed by atoms with Gasteiger partial charge in [0.25, 0.3) is 0 Å². The minimum Gasteiger partial charge on any atom is -0.444 e. The monoisotopic (exact) mass is 475 g/mol. The number of aryl methyl sites for hydroxylation is 2. The molecule has 0 aromatic heterocycles. The SMILES string of the molecule is CCCCN(C(=O)C(C)NC(=O)OC(C)(C)C)C(C(=O)NC(C)CCC)c1cc(C)ccc1C. The molecule has 3 unspecified atom stereocenters. The zero-order valence-electron chi connectivity index (χ0n) is 22.6. The van der Waals surface area contributed by atoms with Crippen LogP contribution in [0.1, 0.15) is 96.9 Å². The summed E-state index contributed by atoms with van der Waals surface area (Å²) in [6, 6.07) is 4.30. The molecule has 1 aromatic rings. The van der Waals surface area contributed by atoms with Crippen molar-refractivity contribution in [2.24, 2.45) is 0 Å². The fourth-order valence-electron chi connectivity index (χ4n) is 3.82. The topological polar surface area (TPSA) is 87.7 Å². The van der Waals surface area contributed by atoms with Crippen LogP contribution in [-0.2, 0) is 14.3 Å². The Morgan fingerprint density at radius 3 is 2.24 bits per heavy atom. The molecule has 2 N–H and O–H groups in total. The molecule has 0 aliphatic rings. The number of unbranched alkanes of at least 4 members (excludes halogenated alkanes) is 1. The minimum absolute atomic E-state index is 0.00875. The number of carbonyl (C=O) groups excluding carboxylic acids is 3. The van der Waals surface area contributed by atoms with Crippen molar-refractivity contribution in [2.45, 2.75) is 112 Å². The van der Waals surface area contributed by atoms with Gasteiger partial charge in [0, 0.05) is 12.6 Å². The molecule has 0 aliphatic heterocycles. The van der Waals surface area contributed by atoms with Crippen LogP contribution < -0.4 is 10.6 Å². The summed E-state index contributed by atoms with van der Waals surface area (Å²) in [5, 5.41) is 5.75. The molecule has 7 nitrogen and oxygen atoms in total. The van der Waals surface area contributed by atoms with E-state index in [-0.39, 0.29) is 17.9 Å². The van der Waals surface area contributed by atoms with E-state index in [1.807, 2.05) is 45.9 Å². The summed E-state index contributed by atoms with van der Waals surface area (Å²) in [6.45, 7) is 17.4. The highest BCUT2D eigenvalue weighted by molar-refractivity contribution is 5.92. The first-order valence-corrected chi connectivity index (χ1v) is 12.5. The van der Waals surface area contributed by atoms with Crippen LogP contribution in [0.25, 0.3) is 0 Å². The predicted octanol–water partition coefficient (Wildman–Crippen LogP) is 5.19. The maximum Gasteiger partial charge on any atom is 0.408 e. The largest absolute Gasteiger partial charge is 0.444 e. The molecule has 3 amide bonds. The number of benzene rings is 1. The van der Waals surface area contributed by atoms with Crippen LogP contribution in [0.3, 0.4) is 0 Å². The molecular weight excluding hydrogens is 430 g/mol. The molecule has 0 heterocycles. The van der Waals surface area contributed by atoms with Gasteiger partial charge in [-0.25, -0.2) is 4.79 Å². The lowest BCUT2D eigenvalue weighted by molar-refractivity contribution is -0.142. The zero-order chi connectivity index (χ0) is 26.1. The van der Waals surface area contributed by atoms with Gasteiger partial charge in [-0.1, -0.05) is 50.5 Å². The van der Waals surface area contributed by atoms with E-state index in [0.29, 0.717) is 6.54 Å². The van der Waals surface area contributed by atoms with Gasteiger partial charge in [0.2, 0.25) is 11.8 Å². The average Bonchev–Trinajstić information content (AvgIpc) is 2.71. The van der Waals surface area contributed by atoms with Gasteiger partial charge in [-0.2, -0.15) is 0 Å². The Bertz CT molecular complexity index is 832. The van der Waals surface area contributed by atoms with Crippen molar-refractivity contribution < 1.29 is 19.1 Å². The molecule has 192 valence electrons. The maximum atomic E-state index is 13.7. The van der Waals surface area contributed by atoms with Crippen LogP contribution in [-0.4, -0.2) is 47.0 Å². The number of ether oxygens (including phenoxy) is 1. The summed E-state index contributed by atoms with van der Waals surface area (Å²) < 4.78 is 5.33. The summed E-state index contributed by atoms with van der Waals surface area (Å²) in [4.78, 5) is 41.2. The standard InChI is InChI=1S/C27H45N3O4/c1-10-12-16-30(25(32)21(6)29-26(33)34-27(7,8)9)23(24(31)28-20(5)13-11-2)22-17-18(3)14-15-19(22)4/h14-15,17,20-21,23H,10-13,16H2,1-9H3,(H,28,31)(H,29,33). The van der Waals surface area contributed by atoms with Crippen LogP contribution in [0, 0.1) is 13.8 Å². The number of nitrogens with one attached hydrogen (secondary N) is 2. The summed E-state index contributed by atoms with van der Waals surface area (Å²) in [5.74, 6) is -0.521. The zero-order valence-corrected chi connectivity index (χ0v) is 22.6. The van der Waals surface area contributed by atoms with Crippen molar-refractivity contribution in [3.8, 4) is 0 Å². The van der Waals surface area contributed by atoms with E-state index >= 15 is 0 Å². The quantitative estimate of drug-likeness (QED) is 0.461. The second-order valence-electron chi connectivity index (χ2n) is 10.2. The van der Waals surface area contributed by atoms with Gasteiger partial charge in [-0.15, -0.1) is 0 Å². The Hall–Kier alpha value is -2.57. The Balaban J connectivity index is 3.38. The van der Waals surface area contributed by atoms with Crippen molar-refractivity contribution >= 4 is 17.9 Å². The fraction of sp³-hybridized carbons (Fsp3) is 0.667. The van der Waals surface area contributed by atoms with Crippen LogP contribution in [0.2, 0.25) is 0 Å². The molecule has 0 fully saturated rings. The number of hydrogen-bond donors (Lipinski definition) is 2. The highest BCUT2D eigenvalue weighted by Gasteiger charge is 2.35. The van der Waals surface area contributed by atoms with E-state index in [0.717, 1.165) is 42.4 Å². The summed E-state index contributed by atoms with van der Waals surface area (Å²) >= 11 is 0. The molecule has 1 aromatic carbocycles. The van der Waals surface area contributed by atoms with Crippen molar-refractivity contribution in [1.82, 2.24) is 15.5 Å². The number of carbonyl (C=O) groups is 3. The van der Waals surface area contributed by atoms with Crippen molar-refractivity contribution in [2.75, 3.05) is 6.54 Å². The van der Waals surface area contributed by atoms with Gasteiger partial charge < -0.3 is 20.3 Å². The number of amides is 3. The van der Waals surface area contributed by atoms with Gasteiger partial charge in [-0.3, -0.25) is 9.59 Å². The smallest absolute Gasteiger partial charge is 0.408 e. The van der Waals surface area contributed by atoms with Crippen LogP contribution in [0.4, 0.5) is 4.79 Å². The van der Waals surface area contributed by atoms with E-state index in [1.54, 1.807) is 32.6 Å². The molecule has 34 heavy (non-hydrogen) atoms. The predicted molar refractivity (Wildman–Crippen MR) is 137 cm³/mol. The molecule has 0 saturated carbocycles. The van der Waals surface area contributed by atoms with Crippen molar-refractivity contribution in [3.63, 3.8) is 0 Å². The van der Waals surface area contributed by atoms with Crippen LogP contribution in [0.15, 0.2) is 18.2 Å². The second-order valence-corrected chi connectivity index (χ2v) is 10.2. The molecule has 1 rings (SSSR count). The first-order valence-electron chi connectivity index (χ1n) is 12.5. The molecule has 0 aliphatic carbocycles. The summed E-state index contributed by atoms with van der Waals surface area (Å²) in [6.07, 6.45) is 2.75. The Morgan fingerprint density at radius 2 is 1.68 bits per heavy atom. The van der Waals surface area contributed by atoms with Crippen LogP contribution in [0.5, 0.6) is 0 Å². The molecule has 3 atom stereocenters. The molecule has 0 bridgehead atoms. The third kappa shape index (κ3) is 9.35. The third-order valence-electron chi connectivity index (χ3n) is 5.54. The molecule has 0 spiro atoms. The average molecular weight is 476 g/mol. The van der Waals surface area contributed by atoms with Gasteiger partial charge in [0.1, 0.15) is 17.7 Å². The maximum absolute atomic E-state index is 13.7. The Morgan fingerprint density at radius 1 is 1.03 bits per heavy atom. The lowest BCUT2D eigenvalue weighted by atomic mass is 9.95. The van der Waals surface area contributed by atoms with E-state index in [2.05, 4.69) is 17.6 Å². The first-order chi connectivity index (χ1) is 15.8. The highest BCUT2D eigenvalue weighted by atomic mass is 16.6. The van der Waals surface area contributed by atoms with Crippen molar-refractivity contribution in [1.29, 1.82) is 0 Å². The molecule has 7 heteroatoms. The fourth-order valence-corrected chi connectivity index (χ4v) is 3.82. The van der Waals surface area contributed by atoms with Crippen LogP contribution >= 0.6 is 0 Å². The summed E-state index contributed by atoms with van der Waals surface area (Å²) in [5.41, 5.74) is 2.08. The van der Waals surface area contributed by atoms with E-state index < -0.39 is 23.8 Å². The number of nitrogens with zero attached hydrogens (tertiary/aromatic N) is 1. The first kappa shape index (κ1) is 29.5. The van der Waals surface area contributed by atoms with E-state index in [9.17, 15) is 14.4 Å². The van der Waals surface area contributed by atoms with Crippen molar-refractivity contribution in [3.05, 3.63) is 34.9 Å². The normalized spacial score (nSPS) is 14.0. The Labute approximate surface area is 206 Å². The number of alkyl carbamates (subject to hydrolysis) is 1. The lowest BCUT2D eigenvalue weighted by Crippen LogP contribution is -2.53. The van der Waals surface area contributed by atoms with E-state index in [4.69, 9.17) is 4.74 Å². The Kier molecular flexibility index (Phi) is 11.6. The van der Waals surface area contributed by atoms with Gasteiger partial charge in [0.15, 0.2) is 0 Å². The third-order valence-corrected chi connectivity index (χ3v) is 5.54. The molecular formula is C27H45N3O4. The highest BCUT2D eigenvalue weighted by Crippen LogP contribution is 2.27. The summed E-state index contributed by atoms with van der Waals surface area (Å²) in [7, 11) is 0. The van der Waals surface area contributed by atoms with Gasteiger partial charge >= 0.3 is 6.09 Å². The lowest BCUT2D eigenvalue weighted by Gasteiger charge is -2.35. The van der Waals surface area contributed by atoms with E-state index in [1.165, 1.54) is 0 Å². The van der Waals surface area contributed by atoms with Gasteiger partial charge in [0.05, 0.1) is 0 Å². The second kappa shape index (κ2) is 13.4. The minimum atomic E-state index is -0.847. The molecule has 0 saturated heterocycles.